The van der Waals surface area contributed by atoms with E-state index in [-0.39, 0.29) is 51.7 Å². The van der Waals surface area contributed by atoms with E-state index in [0.29, 0.717) is 192 Å². The number of amides is 16. The highest BCUT2D eigenvalue weighted by Crippen LogP contribution is 2.05. The van der Waals surface area contributed by atoms with Gasteiger partial charge in [-0.2, -0.15) is 0 Å². The van der Waals surface area contributed by atoms with E-state index in [1.54, 1.807) is 0 Å². The van der Waals surface area contributed by atoms with E-state index in [4.69, 9.17) is 82.3 Å². The second kappa shape index (κ2) is 75.7. The highest BCUT2D eigenvalue weighted by Gasteiger charge is 2.30. The first-order valence-corrected chi connectivity index (χ1v) is 42.6. The molecule has 51 nitrogen and oxygen atoms in total. The van der Waals surface area contributed by atoms with Crippen molar-refractivity contribution in [3.05, 3.63) is 10.4 Å². The molecular weight excluding hydrogens is 1740 g/mol. The van der Waals surface area contributed by atoms with Crippen LogP contribution in [0.3, 0.4) is 0 Å². The van der Waals surface area contributed by atoms with E-state index in [0.717, 1.165) is 68.6 Å². The van der Waals surface area contributed by atoms with Crippen LogP contribution in [0.15, 0.2) is 5.11 Å². The molecule has 0 atom stereocenters. The molecule has 0 aromatic carbocycles. The first-order chi connectivity index (χ1) is 62.4. The average Bonchev–Trinajstić information content (AvgIpc) is 0.885. The molecule has 3 N–H and O–H groups in total. The lowest BCUT2D eigenvalue weighted by Gasteiger charge is -2.28. The SMILES string of the molecule is CN(CC(=O)NCCOCCOCCOCCOCCOCCOCCOCCOCCOCCOCCOCCOCCOCCOCCOCCN=[N+]=[N-])C(=O)CN(C)C(=O)CN(C)C(=O)CN(C)C(=O)CN(C)C(=O)CN(C)C(=O)CN(C)C(=O)CN(C)C(=O)CN(C)C(=O)CN(C)C(=O)CN(C)C(=O)CN(C)C(=O)CN(C)C(=O)CN(C)C(=O)CN(C)C(=O)CCN. The van der Waals surface area contributed by atoms with Gasteiger partial charge in [-0.05, 0) is 5.53 Å². The highest BCUT2D eigenvalue weighted by atomic mass is 16.6. The van der Waals surface area contributed by atoms with Crippen LogP contribution < -0.4 is 11.1 Å². The molecule has 0 spiro atoms. The molecule has 752 valence electrons. The molecule has 0 unspecified atom stereocenters. The fourth-order valence-electron chi connectivity index (χ4n) is 10.0. The summed E-state index contributed by atoms with van der Waals surface area (Å²) in [5.74, 6) is -9.82. The van der Waals surface area contributed by atoms with Crippen molar-refractivity contribution < 1.29 is 148 Å². The number of nitrogens with two attached hydrogens (primary N) is 1. The number of nitrogens with one attached hydrogen (secondary N) is 1. The number of carbonyl (C=O) groups is 16. The summed E-state index contributed by atoms with van der Waals surface area (Å²) in [6.07, 6.45) is 0.0456. The topological polar surface area (TPSA) is 547 Å². The smallest absolute Gasteiger partial charge is 0.242 e. The summed E-state index contributed by atoms with van der Waals surface area (Å²) in [6.45, 7) is 5.88. The van der Waals surface area contributed by atoms with Gasteiger partial charge < -0.3 is 156 Å². The van der Waals surface area contributed by atoms with Crippen molar-refractivity contribution >= 4 is 94.5 Å². The largest absolute Gasteiger partial charge is 0.379 e. The lowest BCUT2D eigenvalue weighted by Crippen LogP contribution is -2.50. The van der Waals surface area contributed by atoms with Gasteiger partial charge in [0.15, 0.2) is 0 Å². The van der Waals surface area contributed by atoms with Crippen LogP contribution in [-0.4, -0.2) is 590 Å². The molecule has 16 amide bonds. The van der Waals surface area contributed by atoms with Gasteiger partial charge in [-0.15, -0.1) is 0 Å². The van der Waals surface area contributed by atoms with Gasteiger partial charge >= 0.3 is 0 Å². The van der Waals surface area contributed by atoms with Crippen molar-refractivity contribution in [1.29, 1.82) is 0 Å². The fraction of sp³-hybridized carbons (Fsp3) is 0.800. The maximum Gasteiger partial charge on any atom is 0.242 e. The third kappa shape index (κ3) is 62.3. The molecule has 0 rings (SSSR count). The van der Waals surface area contributed by atoms with Crippen molar-refractivity contribution in [3.8, 4) is 0 Å². The van der Waals surface area contributed by atoms with E-state index in [2.05, 4.69) is 15.3 Å². The maximum absolute atomic E-state index is 13.2. The second-order valence-corrected chi connectivity index (χ2v) is 29.8. The number of likely N-dealkylation sites (N-methyl/N-ethyl adjacent to an activating group) is 15. The minimum atomic E-state index is -0.687. The summed E-state index contributed by atoms with van der Waals surface area (Å²) >= 11 is 0. The van der Waals surface area contributed by atoms with Gasteiger partial charge in [0, 0.05) is 137 Å². The normalized spacial score (nSPS) is 10.9. The fourth-order valence-corrected chi connectivity index (χ4v) is 10.0. The molecule has 0 saturated carbocycles. The van der Waals surface area contributed by atoms with Gasteiger partial charge in [0.1, 0.15) is 0 Å². The Morgan fingerprint density at radius 3 is 0.489 bits per heavy atom. The lowest BCUT2D eigenvalue weighted by molar-refractivity contribution is -0.147. The third-order valence-electron chi connectivity index (χ3n) is 18.5. The first kappa shape index (κ1) is 121. The lowest BCUT2D eigenvalue weighted by atomic mass is 10.3. The van der Waals surface area contributed by atoms with Crippen LogP contribution >= 0.6 is 0 Å². The molecule has 0 fully saturated rings. The zero-order chi connectivity index (χ0) is 98.3. The molecule has 0 bridgehead atoms. The number of hydrogen-bond donors (Lipinski definition) is 2. The van der Waals surface area contributed by atoms with Crippen LogP contribution in [-0.2, 0) is 148 Å². The Morgan fingerprint density at radius 2 is 0.344 bits per heavy atom. The van der Waals surface area contributed by atoms with Crippen molar-refractivity contribution in [2.45, 2.75) is 6.42 Å². The number of hydrogen-bond acceptors (Lipinski definition) is 33. The summed E-state index contributed by atoms with van der Waals surface area (Å²) in [7, 11) is 19.8. The van der Waals surface area contributed by atoms with Crippen LogP contribution in [0.4, 0.5) is 0 Å². The van der Waals surface area contributed by atoms with Gasteiger partial charge in [0.25, 0.3) is 0 Å². The monoisotopic (exact) mass is 1880 g/mol. The number of ether oxygens (including phenoxy) is 15. The van der Waals surface area contributed by atoms with E-state index in [9.17, 15) is 76.7 Å². The van der Waals surface area contributed by atoms with E-state index in [1.807, 2.05) is 0 Å². The van der Waals surface area contributed by atoms with E-state index in [1.165, 1.54) is 111 Å². The van der Waals surface area contributed by atoms with Crippen LogP contribution in [0.2, 0.25) is 0 Å². The summed E-state index contributed by atoms with van der Waals surface area (Å²) in [5.41, 5.74) is 13.6. The van der Waals surface area contributed by atoms with Gasteiger partial charge in [0.05, 0.1) is 296 Å². The number of azide groups is 1. The number of nitrogens with zero attached hydrogens (tertiary/aromatic N) is 18. The zero-order valence-electron chi connectivity index (χ0n) is 79.4. The Labute approximate surface area is 767 Å². The van der Waals surface area contributed by atoms with E-state index < -0.39 is 174 Å². The van der Waals surface area contributed by atoms with Crippen LogP contribution in [0.5, 0.6) is 0 Å². The Morgan fingerprint density at radius 1 is 0.214 bits per heavy atom. The highest BCUT2D eigenvalue weighted by molar-refractivity contribution is 5.96. The third-order valence-corrected chi connectivity index (χ3v) is 18.5. The van der Waals surface area contributed by atoms with Gasteiger partial charge in [-0.3, -0.25) is 76.7 Å². The van der Waals surface area contributed by atoms with E-state index >= 15 is 0 Å². The predicted molar refractivity (Wildman–Crippen MR) is 468 cm³/mol. The molecule has 0 aliphatic carbocycles. The minimum absolute atomic E-state index is 0.0456. The Balaban J connectivity index is 4.23. The average molecular weight is 1880 g/mol. The molecule has 51 heteroatoms. The summed E-state index contributed by atoms with van der Waals surface area (Å²) in [6, 6.07) is 0. The standard InChI is InChI=1S/C80H146N20O31/c1-86(50-65(101)83-18-20-117-22-24-119-26-28-121-30-32-123-34-36-125-38-40-127-42-44-129-46-48-131-49-47-130-45-43-128-41-39-126-37-35-124-33-31-122-29-27-120-25-23-118-21-19-84-85-82)67(103)52-88(3)69(105)54-90(5)71(107)56-92(7)73(109)58-94(9)75(111)60-96(11)77(113)62-98(13)79(115)64-100(15)80(116)63-99(14)78(114)61-97(12)76(112)59-95(10)74(110)57-93(8)72(108)55-91(6)70(106)53-89(4)68(104)51-87(2)66(102)16-17-81/h16-64,81H2,1-15H3,(H,83,101). The number of carbonyl (C=O) groups excluding carboxylic acids is 16. The molecule has 0 aromatic rings. The molecule has 0 aliphatic rings. The predicted octanol–water partition coefficient (Wildman–Crippen LogP) is -8.11. The summed E-state index contributed by atoms with van der Waals surface area (Å²) in [5, 5.41) is 6.03. The van der Waals surface area contributed by atoms with Gasteiger partial charge in [0.2, 0.25) is 94.5 Å². The zero-order valence-corrected chi connectivity index (χ0v) is 79.4. The second-order valence-electron chi connectivity index (χ2n) is 29.8. The first-order valence-electron chi connectivity index (χ1n) is 42.6. The molecule has 0 aliphatic heterocycles. The van der Waals surface area contributed by atoms with Gasteiger partial charge in [-0.25, -0.2) is 0 Å². The van der Waals surface area contributed by atoms with Crippen molar-refractivity contribution in [2.24, 2.45) is 10.8 Å². The molecule has 0 saturated heterocycles. The molecule has 131 heavy (non-hydrogen) atoms. The molecular formula is C80H146N20O31. The van der Waals surface area contributed by atoms with Crippen molar-refractivity contribution in [1.82, 2.24) is 78.8 Å². The van der Waals surface area contributed by atoms with Crippen LogP contribution in [0.1, 0.15) is 6.42 Å². The Kier molecular flexibility index (Phi) is 70.0. The molecule has 0 radical (unpaired) electrons. The Bertz CT molecular complexity index is 3410. The van der Waals surface area contributed by atoms with Crippen molar-refractivity contribution in [3.63, 3.8) is 0 Å². The molecule has 0 heterocycles. The minimum Gasteiger partial charge on any atom is -0.379 e. The van der Waals surface area contributed by atoms with Crippen LogP contribution in [0.25, 0.3) is 10.4 Å². The maximum atomic E-state index is 13.2. The quantitative estimate of drug-likeness (QED) is 0.0247. The summed E-state index contributed by atoms with van der Waals surface area (Å²) < 4.78 is 82.1. The molecule has 0 aromatic heterocycles. The Hall–Kier alpha value is -9.81. The van der Waals surface area contributed by atoms with Crippen molar-refractivity contribution in [2.75, 3.05) is 422 Å². The van der Waals surface area contributed by atoms with Gasteiger partial charge in [-0.1, -0.05) is 5.11 Å². The number of rotatable bonds is 80. The summed E-state index contributed by atoms with van der Waals surface area (Å²) in [4.78, 5) is 225. The van der Waals surface area contributed by atoms with Crippen LogP contribution in [0, 0.1) is 0 Å².